The Kier molecular flexibility index (Phi) is 3.22. The van der Waals surface area contributed by atoms with Crippen LogP contribution in [0.3, 0.4) is 0 Å². The molecule has 66 valence electrons. The third kappa shape index (κ3) is 2.04. The number of aromatic nitrogens is 1. The number of anilines is 1. The Morgan fingerprint density at radius 1 is 1.58 bits per heavy atom. The topological polar surface area (TPSA) is 48.1 Å². The van der Waals surface area contributed by atoms with Crippen LogP contribution in [0.15, 0.2) is 17.2 Å². The number of nitrogens with two attached hydrogens (primary N) is 1. The molecule has 0 aromatic carbocycles. The molecule has 0 spiro atoms. The van der Waals surface area contributed by atoms with Crippen molar-refractivity contribution in [2.45, 2.75) is 11.9 Å². The smallest absolute Gasteiger partial charge is 0.214 e. The third-order valence-electron chi connectivity index (χ3n) is 1.35. The van der Waals surface area contributed by atoms with Gasteiger partial charge < -0.3 is 10.5 Å². The lowest BCUT2D eigenvalue weighted by Gasteiger charge is -2.04. The molecule has 0 saturated carbocycles. The van der Waals surface area contributed by atoms with E-state index in [9.17, 15) is 0 Å². The Balaban J connectivity index is 2.91. The summed E-state index contributed by atoms with van der Waals surface area (Å²) in [6, 6.07) is 3.57. The predicted octanol–water partition coefficient (Wildman–Crippen LogP) is 1.78. The number of hydrogen-bond acceptors (Lipinski definition) is 4. The average Bonchev–Trinajstić information content (AvgIpc) is 2.09. The van der Waals surface area contributed by atoms with Crippen molar-refractivity contribution in [1.82, 2.24) is 4.98 Å². The summed E-state index contributed by atoms with van der Waals surface area (Å²) in [7, 11) is 1.60. The van der Waals surface area contributed by atoms with E-state index in [1.54, 1.807) is 24.9 Å². The highest BCUT2D eigenvalue weighted by Gasteiger charge is 2.01. The van der Waals surface area contributed by atoms with E-state index in [0.717, 1.165) is 10.8 Å². The van der Waals surface area contributed by atoms with Crippen LogP contribution in [0.1, 0.15) is 6.92 Å². The summed E-state index contributed by atoms with van der Waals surface area (Å²) < 4.78 is 4.98. The maximum absolute atomic E-state index is 5.69. The highest BCUT2D eigenvalue weighted by atomic mass is 32.2. The first-order chi connectivity index (χ1) is 5.77. The molecule has 1 heterocycles. The third-order valence-corrected chi connectivity index (χ3v) is 2.24. The maximum atomic E-state index is 5.69. The lowest BCUT2D eigenvalue weighted by atomic mass is 10.4. The lowest BCUT2D eigenvalue weighted by Crippen LogP contribution is -1.94. The molecule has 2 N–H and O–H groups in total. The summed E-state index contributed by atoms with van der Waals surface area (Å²) in [6.45, 7) is 2.06. The van der Waals surface area contributed by atoms with Crippen LogP contribution in [-0.2, 0) is 0 Å². The van der Waals surface area contributed by atoms with E-state index in [4.69, 9.17) is 10.5 Å². The van der Waals surface area contributed by atoms with Crippen LogP contribution >= 0.6 is 11.8 Å². The molecule has 0 unspecified atom stereocenters. The average molecular weight is 184 g/mol. The van der Waals surface area contributed by atoms with Crippen LogP contribution < -0.4 is 10.5 Å². The zero-order valence-electron chi connectivity index (χ0n) is 7.20. The Morgan fingerprint density at radius 2 is 2.33 bits per heavy atom. The van der Waals surface area contributed by atoms with Crippen molar-refractivity contribution in [3.63, 3.8) is 0 Å². The van der Waals surface area contributed by atoms with Crippen LogP contribution in [0.4, 0.5) is 5.69 Å². The number of hydrogen-bond donors (Lipinski definition) is 1. The van der Waals surface area contributed by atoms with Gasteiger partial charge in [0.1, 0.15) is 5.03 Å². The number of methoxy groups -OCH3 is 1. The van der Waals surface area contributed by atoms with Crippen molar-refractivity contribution in [2.75, 3.05) is 18.6 Å². The van der Waals surface area contributed by atoms with Gasteiger partial charge in [-0.1, -0.05) is 6.92 Å². The number of thioether (sulfide) groups is 1. The van der Waals surface area contributed by atoms with Crippen molar-refractivity contribution in [2.24, 2.45) is 0 Å². The molecule has 0 saturated heterocycles. The molecule has 0 aliphatic carbocycles. The van der Waals surface area contributed by atoms with Gasteiger partial charge in [0.05, 0.1) is 12.8 Å². The van der Waals surface area contributed by atoms with Crippen molar-refractivity contribution in [1.29, 1.82) is 0 Å². The standard InChI is InChI=1S/C8H12N2OS/c1-3-12-8-6(9)4-5-7(10-8)11-2/h4-5H,3,9H2,1-2H3. The highest BCUT2D eigenvalue weighted by molar-refractivity contribution is 7.99. The first-order valence-corrected chi connectivity index (χ1v) is 4.69. The molecular weight excluding hydrogens is 172 g/mol. The Morgan fingerprint density at radius 3 is 2.92 bits per heavy atom. The number of pyridine rings is 1. The van der Waals surface area contributed by atoms with Gasteiger partial charge in [-0.3, -0.25) is 0 Å². The SMILES string of the molecule is CCSc1nc(OC)ccc1N. The van der Waals surface area contributed by atoms with Crippen molar-refractivity contribution >= 4 is 17.4 Å². The maximum Gasteiger partial charge on any atom is 0.214 e. The number of nitrogen functional groups attached to an aromatic ring is 1. The zero-order chi connectivity index (χ0) is 8.97. The molecule has 12 heavy (non-hydrogen) atoms. The Labute approximate surface area is 76.3 Å². The fourth-order valence-corrected chi connectivity index (χ4v) is 1.46. The fraction of sp³-hybridized carbons (Fsp3) is 0.375. The molecule has 0 aliphatic rings. The molecule has 0 bridgehead atoms. The van der Waals surface area contributed by atoms with Crippen molar-refractivity contribution in [3.8, 4) is 5.88 Å². The molecule has 0 fully saturated rings. The summed E-state index contributed by atoms with van der Waals surface area (Å²) in [5.74, 6) is 1.57. The van der Waals surface area contributed by atoms with E-state index in [2.05, 4.69) is 11.9 Å². The van der Waals surface area contributed by atoms with Gasteiger partial charge in [0.25, 0.3) is 0 Å². The van der Waals surface area contributed by atoms with Crippen molar-refractivity contribution < 1.29 is 4.74 Å². The fourth-order valence-electron chi connectivity index (χ4n) is 0.800. The van der Waals surface area contributed by atoms with Gasteiger partial charge in [-0.15, -0.1) is 11.8 Å². The molecule has 0 aliphatic heterocycles. The number of ether oxygens (including phenoxy) is 1. The summed E-state index contributed by atoms with van der Waals surface area (Å²) in [5, 5.41) is 0.844. The zero-order valence-corrected chi connectivity index (χ0v) is 8.02. The minimum absolute atomic E-state index is 0.611. The van der Waals surface area contributed by atoms with E-state index >= 15 is 0 Å². The summed E-state index contributed by atoms with van der Waals surface area (Å²) in [6.07, 6.45) is 0. The van der Waals surface area contributed by atoms with E-state index in [1.807, 2.05) is 6.07 Å². The molecule has 1 aromatic heterocycles. The first kappa shape index (κ1) is 9.19. The van der Waals surface area contributed by atoms with Gasteiger partial charge in [0.15, 0.2) is 0 Å². The molecule has 3 nitrogen and oxygen atoms in total. The minimum Gasteiger partial charge on any atom is -0.481 e. The number of rotatable bonds is 3. The summed E-state index contributed by atoms with van der Waals surface area (Å²) >= 11 is 1.62. The molecule has 1 rings (SSSR count). The molecular formula is C8H12N2OS. The lowest BCUT2D eigenvalue weighted by molar-refractivity contribution is 0.395. The summed E-state index contributed by atoms with van der Waals surface area (Å²) in [4.78, 5) is 4.20. The largest absolute Gasteiger partial charge is 0.481 e. The quantitative estimate of drug-likeness (QED) is 0.727. The second-order valence-electron chi connectivity index (χ2n) is 2.18. The van der Waals surface area contributed by atoms with Crippen LogP contribution in [0.25, 0.3) is 0 Å². The molecule has 4 heteroatoms. The van der Waals surface area contributed by atoms with E-state index < -0.39 is 0 Å². The van der Waals surface area contributed by atoms with Gasteiger partial charge in [-0.2, -0.15) is 0 Å². The van der Waals surface area contributed by atoms with Gasteiger partial charge in [-0.25, -0.2) is 4.98 Å². The second kappa shape index (κ2) is 4.21. The van der Waals surface area contributed by atoms with Crippen LogP contribution in [-0.4, -0.2) is 17.8 Å². The van der Waals surface area contributed by atoms with Crippen LogP contribution in [0.5, 0.6) is 5.88 Å². The van der Waals surface area contributed by atoms with E-state index in [0.29, 0.717) is 11.6 Å². The van der Waals surface area contributed by atoms with Gasteiger partial charge >= 0.3 is 0 Å². The van der Waals surface area contributed by atoms with E-state index in [-0.39, 0.29) is 0 Å². The van der Waals surface area contributed by atoms with Gasteiger partial charge in [0, 0.05) is 6.07 Å². The van der Waals surface area contributed by atoms with Crippen LogP contribution in [0, 0.1) is 0 Å². The minimum atomic E-state index is 0.611. The monoisotopic (exact) mass is 184 g/mol. The Hall–Kier alpha value is -0.900. The van der Waals surface area contributed by atoms with E-state index in [1.165, 1.54) is 0 Å². The van der Waals surface area contributed by atoms with Crippen molar-refractivity contribution in [3.05, 3.63) is 12.1 Å². The normalized spacial score (nSPS) is 9.83. The molecule has 0 radical (unpaired) electrons. The number of nitrogens with zero attached hydrogens (tertiary/aromatic N) is 1. The van der Waals surface area contributed by atoms with Crippen LogP contribution in [0.2, 0.25) is 0 Å². The van der Waals surface area contributed by atoms with Gasteiger partial charge in [-0.05, 0) is 11.8 Å². The Bertz CT molecular complexity index is 265. The second-order valence-corrected chi connectivity index (χ2v) is 3.43. The highest BCUT2D eigenvalue weighted by Crippen LogP contribution is 2.24. The summed E-state index contributed by atoms with van der Waals surface area (Å²) in [5.41, 5.74) is 6.40. The predicted molar refractivity (Wildman–Crippen MR) is 51.6 cm³/mol. The first-order valence-electron chi connectivity index (χ1n) is 3.71. The molecule has 0 amide bonds. The molecule has 0 atom stereocenters. The molecule has 1 aromatic rings. The van der Waals surface area contributed by atoms with Gasteiger partial charge in [0.2, 0.25) is 5.88 Å².